The number of alkyl halides is 3. The zero-order valence-corrected chi connectivity index (χ0v) is 18.5. The van der Waals surface area contributed by atoms with Gasteiger partial charge in [0.25, 0.3) is 11.6 Å². The summed E-state index contributed by atoms with van der Waals surface area (Å²) in [5.74, 6) is -1.13. The Kier molecular flexibility index (Phi) is 8.51. The van der Waals surface area contributed by atoms with E-state index in [-0.39, 0.29) is 60.3 Å². The van der Waals surface area contributed by atoms with E-state index in [4.69, 9.17) is 25.8 Å². The van der Waals surface area contributed by atoms with E-state index < -0.39 is 22.6 Å². The first-order valence-corrected chi connectivity index (χ1v) is 10.7. The maximum absolute atomic E-state index is 13.2. The Morgan fingerprint density at radius 1 is 1.26 bits per heavy atom. The van der Waals surface area contributed by atoms with Crippen LogP contribution in [0.2, 0.25) is 5.02 Å². The van der Waals surface area contributed by atoms with Crippen LogP contribution in [0.25, 0.3) is 0 Å². The van der Waals surface area contributed by atoms with Gasteiger partial charge in [0.15, 0.2) is 0 Å². The molecule has 1 atom stereocenters. The number of non-ortho nitro benzene ring substituents is 1. The van der Waals surface area contributed by atoms with Crippen LogP contribution >= 0.6 is 11.6 Å². The van der Waals surface area contributed by atoms with E-state index in [0.717, 1.165) is 31.0 Å². The van der Waals surface area contributed by atoms with Gasteiger partial charge < -0.3 is 19.5 Å². The smallest absolute Gasteiger partial charge is 0.416 e. The Labute approximate surface area is 197 Å². The largest absolute Gasteiger partial charge is 0.477 e. The molecule has 1 aromatic heterocycles. The molecule has 9 nitrogen and oxygen atoms in total. The second kappa shape index (κ2) is 11.3. The Balaban J connectivity index is 1.53. The predicted octanol–water partition coefficient (Wildman–Crippen LogP) is 4.42. The number of rotatable bonds is 10. The maximum Gasteiger partial charge on any atom is 0.416 e. The Morgan fingerprint density at radius 2 is 2.00 bits per heavy atom. The predicted molar refractivity (Wildman–Crippen MR) is 114 cm³/mol. The lowest BCUT2D eigenvalue weighted by Crippen LogP contribution is -2.26. The molecule has 1 unspecified atom stereocenters. The van der Waals surface area contributed by atoms with Gasteiger partial charge in [0, 0.05) is 37.4 Å². The third kappa shape index (κ3) is 7.19. The number of carbonyl (C=O) groups excluding carboxylic acids is 1. The van der Waals surface area contributed by atoms with E-state index in [1.54, 1.807) is 0 Å². The Morgan fingerprint density at radius 3 is 2.65 bits per heavy atom. The minimum atomic E-state index is -4.62. The van der Waals surface area contributed by atoms with Gasteiger partial charge in [-0.1, -0.05) is 11.6 Å². The standard InChI is InChI=1S/C21H21ClF3N3O6/c22-17-5-4-14(28(30)31)11-16(17)20(29)26-6-2-8-33-18-9-13(21(23,24)25)10-19(27-18)34-12-15-3-1-7-32-15/h4-5,9-11,15H,1-3,6-8,12H2,(H,26,29). The SMILES string of the molecule is O=C(NCCCOc1cc(C(F)(F)F)cc(OCC2CCCO2)n1)c1cc([N+](=O)[O-])ccc1Cl. The van der Waals surface area contributed by atoms with E-state index in [1.165, 1.54) is 12.1 Å². The molecule has 184 valence electrons. The van der Waals surface area contributed by atoms with Crippen molar-refractivity contribution in [3.63, 3.8) is 0 Å². The summed E-state index contributed by atoms with van der Waals surface area (Å²) in [5.41, 5.74) is -1.32. The monoisotopic (exact) mass is 503 g/mol. The molecular formula is C21H21ClF3N3O6. The van der Waals surface area contributed by atoms with Gasteiger partial charge in [-0.3, -0.25) is 14.9 Å². The van der Waals surface area contributed by atoms with Gasteiger partial charge in [0.1, 0.15) is 6.61 Å². The molecule has 2 heterocycles. The number of aromatic nitrogens is 1. The van der Waals surface area contributed by atoms with Gasteiger partial charge in [-0.15, -0.1) is 0 Å². The molecule has 1 saturated heterocycles. The number of amides is 1. The number of benzene rings is 1. The molecule has 1 aliphatic rings. The average molecular weight is 504 g/mol. The average Bonchev–Trinajstić information content (AvgIpc) is 3.30. The van der Waals surface area contributed by atoms with Crippen LogP contribution in [0.3, 0.4) is 0 Å². The highest BCUT2D eigenvalue weighted by molar-refractivity contribution is 6.33. The van der Waals surface area contributed by atoms with Crippen molar-refractivity contribution in [3.8, 4) is 11.8 Å². The van der Waals surface area contributed by atoms with Crippen LogP contribution in [0.15, 0.2) is 30.3 Å². The number of nitro benzene ring substituents is 1. The van der Waals surface area contributed by atoms with Gasteiger partial charge >= 0.3 is 6.18 Å². The summed E-state index contributed by atoms with van der Waals surface area (Å²) < 4.78 is 55.8. The van der Waals surface area contributed by atoms with Crippen molar-refractivity contribution in [2.75, 3.05) is 26.4 Å². The number of pyridine rings is 1. The maximum atomic E-state index is 13.2. The fourth-order valence-electron chi connectivity index (χ4n) is 3.09. The summed E-state index contributed by atoms with van der Waals surface area (Å²) in [5, 5.41) is 13.4. The first kappa shape index (κ1) is 25.5. The molecule has 1 aromatic carbocycles. The van der Waals surface area contributed by atoms with E-state index >= 15 is 0 Å². The van der Waals surface area contributed by atoms with Crippen molar-refractivity contribution < 1.29 is 37.1 Å². The van der Waals surface area contributed by atoms with Gasteiger partial charge in [-0.2, -0.15) is 18.2 Å². The lowest BCUT2D eigenvalue weighted by molar-refractivity contribution is -0.384. The molecule has 1 fully saturated rings. The van der Waals surface area contributed by atoms with Crippen LogP contribution in [0.4, 0.5) is 18.9 Å². The lowest BCUT2D eigenvalue weighted by atomic mass is 10.2. The summed E-state index contributed by atoms with van der Waals surface area (Å²) in [4.78, 5) is 26.4. The van der Waals surface area contributed by atoms with Crippen LogP contribution in [0.5, 0.6) is 11.8 Å². The minimum absolute atomic E-state index is 0.0445. The van der Waals surface area contributed by atoms with E-state index in [1.807, 2.05) is 0 Å². The highest BCUT2D eigenvalue weighted by Gasteiger charge is 2.32. The molecule has 0 spiro atoms. The highest BCUT2D eigenvalue weighted by Crippen LogP contribution is 2.33. The Hall–Kier alpha value is -3.12. The third-order valence-electron chi connectivity index (χ3n) is 4.81. The van der Waals surface area contributed by atoms with Crippen molar-refractivity contribution in [3.05, 3.63) is 56.6 Å². The van der Waals surface area contributed by atoms with E-state index in [2.05, 4.69) is 10.3 Å². The van der Waals surface area contributed by atoms with Crippen LogP contribution in [0, 0.1) is 10.1 Å². The molecular weight excluding hydrogens is 483 g/mol. The van der Waals surface area contributed by atoms with Crippen molar-refractivity contribution >= 4 is 23.2 Å². The highest BCUT2D eigenvalue weighted by atomic mass is 35.5. The van der Waals surface area contributed by atoms with Crippen molar-refractivity contribution in [2.24, 2.45) is 0 Å². The molecule has 0 saturated carbocycles. The fourth-order valence-corrected chi connectivity index (χ4v) is 3.30. The third-order valence-corrected chi connectivity index (χ3v) is 5.14. The number of hydrogen-bond acceptors (Lipinski definition) is 7. The van der Waals surface area contributed by atoms with Crippen LogP contribution in [-0.4, -0.2) is 48.3 Å². The number of halogens is 4. The fraction of sp³-hybridized carbons (Fsp3) is 0.429. The topological polar surface area (TPSA) is 113 Å². The number of carbonyl (C=O) groups is 1. The first-order chi connectivity index (χ1) is 16.1. The first-order valence-electron chi connectivity index (χ1n) is 10.3. The van der Waals surface area contributed by atoms with Gasteiger partial charge in [0.2, 0.25) is 11.8 Å². The van der Waals surface area contributed by atoms with Gasteiger partial charge in [-0.25, -0.2) is 0 Å². The van der Waals surface area contributed by atoms with Crippen molar-refractivity contribution in [2.45, 2.75) is 31.5 Å². The molecule has 3 rings (SSSR count). The summed E-state index contributed by atoms with van der Waals surface area (Å²) in [6, 6.07) is 5.04. The van der Waals surface area contributed by atoms with Crippen molar-refractivity contribution in [1.29, 1.82) is 0 Å². The quantitative estimate of drug-likeness (QED) is 0.290. The molecule has 1 N–H and O–H groups in total. The van der Waals surface area contributed by atoms with Crippen LogP contribution in [-0.2, 0) is 10.9 Å². The van der Waals surface area contributed by atoms with Crippen molar-refractivity contribution in [1.82, 2.24) is 10.3 Å². The zero-order valence-electron chi connectivity index (χ0n) is 17.8. The summed E-state index contributed by atoms with van der Waals surface area (Å²) >= 11 is 5.92. The molecule has 34 heavy (non-hydrogen) atoms. The zero-order chi connectivity index (χ0) is 24.7. The number of nitrogens with zero attached hydrogens (tertiary/aromatic N) is 2. The number of nitrogens with one attached hydrogen (secondary N) is 1. The second-order valence-corrected chi connectivity index (χ2v) is 7.76. The molecule has 1 amide bonds. The van der Waals surface area contributed by atoms with Gasteiger partial charge in [-0.05, 0) is 25.3 Å². The molecule has 13 heteroatoms. The minimum Gasteiger partial charge on any atom is -0.477 e. The van der Waals surface area contributed by atoms with Gasteiger partial charge in [0.05, 0.1) is 33.8 Å². The summed E-state index contributed by atoms with van der Waals surface area (Å²) in [6.07, 6.45) is -2.96. The summed E-state index contributed by atoms with van der Waals surface area (Å²) in [7, 11) is 0. The molecule has 1 aliphatic heterocycles. The number of ether oxygens (including phenoxy) is 3. The van der Waals surface area contributed by atoms with Crippen LogP contribution in [0.1, 0.15) is 35.2 Å². The normalized spacial score (nSPS) is 15.7. The van der Waals surface area contributed by atoms with E-state index in [0.29, 0.717) is 6.61 Å². The lowest BCUT2D eigenvalue weighted by Gasteiger charge is -2.15. The molecule has 0 bridgehead atoms. The number of hydrogen-bond donors (Lipinski definition) is 1. The van der Waals surface area contributed by atoms with E-state index in [9.17, 15) is 28.1 Å². The molecule has 2 aromatic rings. The van der Waals surface area contributed by atoms with Crippen LogP contribution < -0.4 is 14.8 Å². The molecule has 0 aliphatic carbocycles. The summed E-state index contributed by atoms with van der Waals surface area (Å²) in [6.45, 7) is 0.698. The Bertz CT molecular complexity index is 1030. The second-order valence-electron chi connectivity index (χ2n) is 7.36. The molecule has 0 radical (unpaired) electrons. The number of nitro groups is 1.